The van der Waals surface area contributed by atoms with Gasteiger partial charge < -0.3 is 14.9 Å². The quantitative estimate of drug-likeness (QED) is 0.711. The molecule has 2 N–H and O–H groups in total. The van der Waals surface area contributed by atoms with Crippen LogP contribution in [0.2, 0.25) is 0 Å². The second-order valence-electron chi connectivity index (χ2n) is 7.20. The number of likely N-dealkylation sites (tertiary alicyclic amines) is 1. The van der Waals surface area contributed by atoms with Gasteiger partial charge in [-0.15, -0.1) is 0 Å². The SMILES string of the molecule is CC(C)NC(C)(CCN(C)CC1CCN(C)CC1)C(=O)O. The zero-order valence-corrected chi connectivity index (χ0v) is 14.4. The van der Waals surface area contributed by atoms with Crippen molar-refractivity contribution < 1.29 is 9.90 Å². The molecule has 0 amide bonds. The largest absolute Gasteiger partial charge is 0.480 e. The van der Waals surface area contributed by atoms with E-state index in [2.05, 4.69) is 29.2 Å². The molecule has 1 rings (SSSR count). The van der Waals surface area contributed by atoms with E-state index in [0.717, 1.165) is 19.0 Å². The van der Waals surface area contributed by atoms with Crippen LogP contribution in [0.4, 0.5) is 0 Å². The summed E-state index contributed by atoms with van der Waals surface area (Å²) in [6.45, 7) is 10.0. The van der Waals surface area contributed by atoms with Gasteiger partial charge in [0.1, 0.15) is 5.54 Å². The second-order valence-corrected chi connectivity index (χ2v) is 7.20. The first kappa shape index (κ1) is 18.4. The van der Waals surface area contributed by atoms with Crippen LogP contribution in [0.15, 0.2) is 0 Å². The van der Waals surface area contributed by atoms with Crippen molar-refractivity contribution in [2.24, 2.45) is 5.92 Å². The van der Waals surface area contributed by atoms with Crippen molar-refractivity contribution in [3.8, 4) is 0 Å². The Balaban J connectivity index is 2.39. The number of rotatable bonds is 8. The highest BCUT2D eigenvalue weighted by Gasteiger charge is 2.33. The molecule has 1 fully saturated rings. The van der Waals surface area contributed by atoms with Gasteiger partial charge in [0.25, 0.3) is 0 Å². The highest BCUT2D eigenvalue weighted by atomic mass is 16.4. The monoisotopic (exact) mass is 299 g/mol. The lowest BCUT2D eigenvalue weighted by molar-refractivity contribution is -0.144. The molecule has 0 radical (unpaired) electrons. The smallest absolute Gasteiger partial charge is 0.323 e. The molecule has 1 aliphatic rings. The number of carboxylic acid groups (broad SMARTS) is 1. The Hall–Kier alpha value is -0.650. The van der Waals surface area contributed by atoms with Crippen LogP contribution in [0.25, 0.3) is 0 Å². The third-order valence-corrected chi connectivity index (χ3v) is 4.48. The molecular formula is C16H33N3O2. The molecule has 0 aliphatic carbocycles. The molecule has 124 valence electrons. The Labute approximate surface area is 129 Å². The van der Waals surface area contributed by atoms with Gasteiger partial charge >= 0.3 is 5.97 Å². The Morgan fingerprint density at radius 3 is 2.48 bits per heavy atom. The summed E-state index contributed by atoms with van der Waals surface area (Å²) in [5, 5.41) is 12.6. The van der Waals surface area contributed by atoms with Gasteiger partial charge in [-0.3, -0.25) is 10.1 Å². The first-order chi connectivity index (χ1) is 9.73. The van der Waals surface area contributed by atoms with Crippen LogP contribution >= 0.6 is 0 Å². The molecule has 1 aliphatic heterocycles. The van der Waals surface area contributed by atoms with Gasteiger partial charge in [-0.1, -0.05) is 0 Å². The van der Waals surface area contributed by atoms with Crippen LogP contribution in [0, 0.1) is 5.92 Å². The Morgan fingerprint density at radius 1 is 1.43 bits per heavy atom. The van der Waals surface area contributed by atoms with Crippen LogP contribution in [0.3, 0.4) is 0 Å². The summed E-state index contributed by atoms with van der Waals surface area (Å²) in [6.07, 6.45) is 3.13. The Bertz CT molecular complexity index is 327. The lowest BCUT2D eigenvalue weighted by Gasteiger charge is -2.34. The van der Waals surface area contributed by atoms with Crippen molar-refractivity contribution in [1.29, 1.82) is 0 Å². The number of piperidine rings is 1. The van der Waals surface area contributed by atoms with Gasteiger partial charge in [-0.2, -0.15) is 0 Å². The molecule has 0 aromatic carbocycles. The third kappa shape index (κ3) is 6.32. The molecule has 0 saturated carbocycles. The summed E-state index contributed by atoms with van der Waals surface area (Å²) in [5.74, 6) is -0.00997. The third-order valence-electron chi connectivity index (χ3n) is 4.48. The molecule has 0 aromatic rings. The minimum atomic E-state index is -0.838. The molecular weight excluding hydrogens is 266 g/mol. The lowest BCUT2D eigenvalue weighted by Crippen LogP contribution is -2.53. The van der Waals surface area contributed by atoms with Crippen molar-refractivity contribution in [3.05, 3.63) is 0 Å². The van der Waals surface area contributed by atoms with Crippen molar-refractivity contribution in [1.82, 2.24) is 15.1 Å². The predicted octanol–water partition coefficient (Wildman–Crippen LogP) is 1.49. The van der Waals surface area contributed by atoms with Crippen LogP contribution < -0.4 is 5.32 Å². The van der Waals surface area contributed by atoms with E-state index in [0.29, 0.717) is 6.42 Å². The summed E-state index contributed by atoms with van der Waals surface area (Å²) in [7, 11) is 4.28. The average Bonchev–Trinajstić information content (AvgIpc) is 2.38. The molecule has 21 heavy (non-hydrogen) atoms. The van der Waals surface area contributed by atoms with E-state index in [1.807, 2.05) is 13.8 Å². The van der Waals surface area contributed by atoms with Crippen molar-refractivity contribution in [2.45, 2.75) is 51.6 Å². The summed E-state index contributed by atoms with van der Waals surface area (Å²) in [4.78, 5) is 16.2. The van der Waals surface area contributed by atoms with E-state index in [1.54, 1.807) is 6.92 Å². The normalized spacial score (nSPS) is 20.9. The maximum Gasteiger partial charge on any atom is 0.323 e. The fraction of sp³-hybridized carbons (Fsp3) is 0.938. The van der Waals surface area contributed by atoms with Gasteiger partial charge in [0, 0.05) is 19.1 Å². The van der Waals surface area contributed by atoms with Gasteiger partial charge in [0.2, 0.25) is 0 Å². The van der Waals surface area contributed by atoms with E-state index in [1.165, 1.54) is 25.9 Å². The number of nitrogens with zero attached hydrogens (tertiary/aromatic N) is 2. The minimum absolute atomic E-state index is 0.172. The average molecular weight is 299 g/mol. The van der Waals surface area contributed by atoms with E-state index in [-0.39, 0.29) is 6.04 Å². The van der Waals surface area contributed by atoms with Crippen LogP contribution in [0.1, 0.15) is 40.0 Å². The standard InChI is InChI=1S/C16H33N3O2/c1-13(2)17-16(3,15(20)21)8-11-19(5)12-14-6-9-18(4)10-7-14/h13-14,17H,6-12H2,1-5H3,(H,20,21). The molecule has 0 aromatic heterocycles. The molecule has 1 saturated heterocycles. The topological polar surface area (TPSA) is 55.8 Å². The number of hydrogen-bond acceptors (Lipinski definition) is 4. The molecule has 1 heterocycles. The van der Waals surface area contributed by atoms with E-state index in [9.17, 15) is 9.90 Å². The summed E-state index contributed by atoms with van der Waals surface area (Å²) < 4.78 is 0. The zero-order chi connectivity index (χ0) is 16.0. The zero-order valence-electron chi connectivity index (χ0n) is 14.4. The van der Waals surface area contributed by atoms with Crippen LogP contribution in [0.5, 0.6) is 0 Å². The molecule has 0 bridgehead atoms. The minimum Gasteiger partial charge on any atom is -0.480 e. The fourth-order valence-corrected chi connectivity index (χ4v) is 3.07. The lowest BCUT2D eigenvalue weighted by atomic mass is 9.94. The van der Waals surface area contributed by atoms with Crippen molar-refractivity contribution in [2.75, 3.05) is 40.3 Å². The Morgan fingerprint density at radius 2 is 2.00 bits per heavy atom. The van der Waals surface area contributed by atoms with Gasteiger partial charge in [0.15, 0.2) is 0 Å². The predicted molar refractivity (Wildman–Crippen MR) is 86.6 cm³/mol. The van der Waals surface area contributed by atoms with E-state index in [4.69, 9.17) is 0 Å². The first-order valence-electron chi connectivity index (χ1n) is 8.11. The fourth-order valence-electron chi connectivity index (χ4n) is 3.07. The number of carboxylic acids is 1. The number of carbonyl (C=O) groups is 1. The first-order valence-corrected chi connectivity index (χ1v) is 8.11. The Kier molecular flexibility index (Phi) is 7.10. The molecule has 1 atom stereocenters. The van der Waals surface area contributed by atoms with Gasteiger partial charge in [0.05, 0.1) is 0 Å². The molecule has 5 heteroatoms. The molecule has 0 spiro atoms. The molecule has 5 nitrogen and oxygen atoms in total. The van der Waals surface area contributed by atoms with Crippen LogP contribution in [-0.4, -0.2) is 72.7 Å². The van der Waals surface area contributed by atoms with Crippen LogP contribution in [-0.2, 0) is 4.79 Å². The number of nitrogens with one attached hydrogen (secondary N) is 1. The second kappa shape index (κ2) is 8.11. The van der Waals surface area contributed by atoms with E-state index >= 15 is 0 Å². The highest BCUT2D eigenvalue weighted by molar-refractivity contribution is 5.78. The number of hydrogen-bond donors (Lipinski definition) is 2. The molecule has 1 unspecified atom stereocenters. The summed E-state index contributed by atoms with van der Waals surface area (Å²) in [6, 6.07) is 0.172. The summed E-state index contributed by atoms with van der Waals surface area (Å²) in [5.41, 5.74) is -0.838. The van der Waals surface area contributed by atoms with Gasteiger partial charge in [-0.05, 0) is 73.1 Å². The van der Waals surface area contributed by atoms with E-state index < -0.39 is 11.5 Å². The highest BCUT2D eigenvalue weighted by Crippen LogP contribution is 2.18. The maximum atomic E-state index is 11.5. The maximum absolute atomic E-state index is 11.5. The van der Waals surface area contributed by atoms with Crippen molar-refractivity contribution >= 4 is 5.97 Å². The summed E-state index contributed by atoms with van der Waals surface area (Å²) >= 11 is 0. The van der Waals surface area contributed by atoms with Gasteiger partial charge in [-0.25, -0.2) is 0 Å². The van der Waals surface area contributed by atoms with Crippen molar-refractivity contribution in [3.63, 3.8) is 0 Å². The number of aliphatic carboxylic acids is 1.